The number of hydrogen-bond acceptors (Lipinski definition) is 5. The van der Waals surface area contributed by atoms with E-state index in [4.69, 9.17) is 16.3 Å². The first-order valence-corrected chi connectivity index (χ1v) is 10.8. The van der Waals surface area contributed by atoms with Crippen molar-refractivity contribution in [3.8, 4) is 11.4 Å². The number of phenols is 1. The van der Waals surface area contributed by atoms with Gasteiger partial charge in [0.15, 0.2) is 0 Å². The number of halogens is 1. The molecule has 0 bridgehead atoms. The first-order valence-electron chi connectivity index (χ1n) is 10.4. The second-order valence-corrected chi connectivity index (χ2v) is 8.05. The Morgan fingerprint density at radius 3 is 2.47 bits per heavy atom. The van der Waals surface area contributed by atoms with Gasteiger partial charge < -0.3 is 19.3 Å². The van der Waals surface area contributed by atoms with Gasteiger partial charge in [0.25, 0.3) is 5.91 Å². The largest absolute Gasteiger partial charge is 0.506 e. The Morgan fingerprint density at radius 2 is 1.78 bits per heavy atom. The molecule has 0 unspecified atom stereocenters. The fourth-order valence-electron chi connectivity index (χ4n) is 3.82. The van der Waals surface area contributed by atoms with Crippen molar-refractivity contribution in [2.45, 2.75) is 13.8 Å². The molecule has 1 aliphatic heterocycles. The average molecular weight is 453 g/mol. The number of phenolic OH excluding ortho intramolecular Hbond substituents is 1. The quantitative estimate of drug-likeness (QED) is 0.452. The van der Waals surface area contributed by atoms with Gasteiger partial charge in [-0.05, 0) is 62.4 Å². The van der Waals surface area contributed by atoms with Crippen molar-refractivity contribution in [1.29, 1.82) is 0 Å². The van der Waals surface area contributed by atoms with E-state index in [0.717, 1.165) is 48.9 Å². The maximum Gasteiger partial charge on any atom is 0.271 e. The third-order valence-electron chi connectivity index (χ3n) is 5.53. The Hall–Kier alpha value is -3.29. The molecule has 1 fully saturated rings. The Morgan fingerprint density at radius 1 is 1.09 bits per heavy atom. The molecule has 7 nitrogen and oxygen atoms in total. The Kier molecular flexibility index (Phi) is 6.48. The molecule has 0 radical (unpaired) electrons. The van der Waals surface area contributed by atoms with Gasteiger partial charge >= 0.3 is 0 Å². The van der Waals surface area contributed by atoms with E-state index in [0.29, 0.717) is 5.56 Å². The van der Waals surface area contributed by atoms with Crippen molar-refractivity contribution < 1.29 is 14.6 Å². The summed E-state index contributed by atoms with van der Waals surface area (Å²) in [5, 5.41) is 13.7. The van der Waals surface area contributed by atoms with Crippen LogP contribution >= 0.6 is 11.6 Å². The zero-order chi connectivity index (χ0) is 22.7. The summed E-state index contributed by atoms with van der Waals surface area (Å²) in [7, 11) is 0. The summed E-state index contributed by atoms with van der Waals surface area (Å²) < 4.78 is 7.59. The van der Waals surface area contributed by atoms with E-state index >= 15 is 0 Å². The van der Waals surface area contributed by atoms with Crippen molar-refractivity contribution in [2.24, 2.45) is 5.10 Å². The predicted molar refractivity (Wildman–Crippen MR) is 126 cm³/mol. The maximum atomic E-state index is 12.3. The highest BCUT2D eigenvalue weighted by molar-refractivity contribution is 6.32. The van der Waals surface area contributed by atoms with Gasteiger partial charge in [-0.3, -0.25) is 4.79 Å². The number of benzene rings is 2. The van der Waals surface area contributed by atoms with Crippen LogP contribution in [0.15, 0.2) is 53.6 Å². The van der Waals surface area contributed by atoms with E-state index in [1.807, 2.05) is 19.9 Å². The van der Waals surface area contributed by atoms with Crippen LogP contribution in [0.1, 0.15) is 27.3 Å². The minimum atomic E-state index is -0.407. The molecule has 1 aliphatic rings. The molecular formula is C24H25ClN4O3. The zero-order valence-corrected chi connectivity index (χ0v) is 18.8. The van der Waals surface area contributed by atoms with Gasteiger partial charge in [0.05, 0.1) is 24.5 Å². The Bertz CT molecular complexity index is 1150. The van der Waals surface area contributed by atoms with Crippen LogP contribution in [-0.4, -0.2) is 48.1 Å². The number of hydrogen-bond donors (Lipinski definition) is 2. The van der Waals surface area contributed by atoms with E-state index in [2.05, 4.69) is 44.3 Å². The number of ether oxygens (including phenoxy) is 1. The Labute approximate surface area is 191 Å². The molecule has 2 aromatic carbocycles. The SMILES string of the molecule is Cc1cc(C=NNC(=O)c2ccc(O)c(Cl)c2)c(C)n1-c1ccc(N2CCOCC2)cc1. The highest BCUT2D eigenvalue weighted by Gasteiger charge is 2.13. The lowest BCUT2D eigenvalue weighted by Crippen LogP contribution is -2.36. The van der Waals surface area contributed by atoms with Gasteiger partial charge in [-0.25, -0.2) is 5.43 Å². The van der Waals surface area contributed by atoms with Crippen LogP contribution in [0.2, 0.25) is 5.02 Å². The molecule has 2 N–H and O–H groups in total. The third-order valence-corrected chi connectivity index (χ3v) is 5.84. The summed E-state index contributed by atoms with van der Waals surface area (Å²) in [6, 6.07) is 14.8. The maximum absolute atomic E-state index is 12.3. The Balaban J connectivity index is 1.47. The second-order valence-electron chi connectivity index (χ2n) is 7.64. The normalized spacial score (nSPS) is 14.2. The van der Waals surface area contributed by atoms with Crippen molar-refractivity contribution in [3.63, 3.8) is 0 Å². The highest BCUT2D eigenvalue weighted by Crippen LogP contribution is 2.24. The van der Waals surface area contributed by atoms with Crippen molar-refractivity contribution >= 4 is 29.4 Å². The molecule has 8 heteroatoms. The molecule has 4 rings (SSSR count). The van der Waals surface area contributed by atoms with E-state index in [9.17, 15) is 9.90 Å². The summed E-state index contributed by atoms with van der Waals surface area (Å²) in [5.41, 5.74) is 8.07. The summed E-state index contributed by atoms with van der Waals surface area (Å²) >= 11 is 5.86. The van der Waals surface area contributed by atoms with Crippen LogP contribution in [0.5, 0.6) is 5.75 Å². The lowest BCUT2D eigenvalue weighted by atomic mass is 10.2. The molecule has 1 aromatic heterocycles. The van der Waals surface area contributed by atoms with E-state index in [-0.39, 0.29) is 10.8 Å². The first kappa shape index (κ1) is 21.9. The standard InChI is InChI=1S/C24H25ClN4O3/c1-16-13-19(15-26-27-24(31)18-3-8-23(30)22(25)14-18)17(2)29(16)21-6-4-20(5-7-21)28-9-11-32-12-10-28/h3-8,13-15,30H,9-12H2,1-2H3,(H,27,31). The van der Waals surface area contributed by atoms with Gasteiger partial charge in [-0.1, -0.05) is 11.6 Å². The molecule has 0 aliphatic carbocycles. The molecule has 0 atom stereocenters. The van der Waals surface area contributed by atoms with Crippen LogP contribution in [0.4, 0.5) is 5.69 Å². The van der Waals surface area contributed by atoms with E-state index in [1.165, 1.54) is 23.9 Å². The van der Waals surface area contributed by atoms with Gasteiger partial charge in [0, 0.05) is 47.0 Å². The van der Waals surface area contributed by atoms with Crippen molar-refractivity contribution in [1.82, 2.24) is 9.99 Å². The topological polar surface area (TPSA) is 79.1 Å². The van der Waals surface area contributed by atoms with Crippen LogP contribution in [0.25, 0.3) is 5.69 Å². The number of anilines is 1. The number of nitrogens with one attached hydrogen (secondary N) is 1. The van der Waals surface area contributed by atoms with Gasteiger partial charge in [0.2, 0.25) is 0 Å². The monoisotopic (exact) mass is 452 g/mol. The highest BCUT2D eigenvalue weighted by atomic mass is 35.5. The molecule has 0 spiro atoms. The number of amides is 1. The number of aromatic nitrogens is 1. The zero-order valence-electron chi connectivity index (χ0n) is 18.0. The van der Waals surface area contributed by atoms with Crippen LogP contribution in [0, 0.1) is 13.8 Å². The van der Waals surface area contributed by atoms with Crippen LogP contribution in [-0.2, 0) is 4.74 Å². The number of nitrogens with zero attached hydrogens (tertiary/aromatic N) is 3. The van der Waals surface area contributed by atoms with Gasteiger partial charge in [-0.2, -0.15) is 5.10 Å². The summed E-state index contributed by atoms with van der Waals surface area (Å²) in [6.07, 6.45) is 1.63. The number of morpholine rings is 1. The van der Waals surface area contributed by atoms with E-state index < -0.39 is 5.91 Å². The number of aryl methyl sites for hydroxylation is 1. The van der Waals surface area contributed by atoms with Crippen LogP contribution < -0.4 is 10.3 Å². The van der Waals surface area contributed by atoms with Crippen molar-refractivity contribution in [2.75, 3.05) is 31.2 Å². The lowest BCUT2D eigenvalue weighted by molar-refractivity contribution is 0.0955. The molecule has 2 heterocycles. The third kappa shape index (κ3) is 4.64. The molecule has 1 amide bonds. The minimum Gasteiger partial charge on any atom is -0.506 e. The fourth-order valence-corrected chi connectivity index (χ4v) is 4.00. The predicted octanol–water partition coefficient (Wildman–Crippen LogP) is 4.05. The smallest absolute Gasteiger partial charge is 0.271 e. The molecule has 166 valence electrons. The van der Waals surface area contributed by atoms with Gasteiger partial charge in [-0.15, -0.1) is 0 Å². The summed E-state index contributed by atoms with van der Waals surface area (Å²) in [4.78, 5) is 14.6. The van der Waals surface area contributed by atoms with Crippen molar-refractivity contribution in [3.05, 3.63) is 76.1 Å². The molecule has 0 saturated carbocycles. The molecule has 1 saturated heterocycles. The summed E-state index contributed by atoms with van der Waals surface area (Å²) in [5.74, 6) is -0.479. The van der Waals surface area contributed by atoms with E-state index in [1.54, 1.807) is 6.21 Å². The number of aromatic hydroxyl groups is 1. The molecule has 32 heavy (non-hydrogen) atoms. The molecule has 3 aromatic rings. The first-order chi connectivity index (χ1) is 15.4. The van der Waals surface area contributed by atoms with Crippen LogP contribution in [0.3, 0.4) is 0 Å². The number of carbonyl (C=O) groups is 1. The number of carbonyl (C=O) groups excluding carboxylic acids is 1. The fraction of sp³-hybridized carbons (Fsp3) is 0.250. The van der Waals surface area contributed by atoms with Gasteiger partial charge in [0.1, 0.15) is 5.75 Å². The molecular weight excluding hydrogens is 428 g/mol. The lowest BCUT2D eigenvalue weighted by Gasteiger charge is -2.29. The summed E-state index contributed by atoms with van der Waals surface area (Å²) in [6.45, 7) is 7.39. The minimum absolute atomic E-state index is 0.0721. The average Bonchev–Trinajstić information content (AvgIpc) is 3.09. The number of hydrazone groups is 1. The second kappa shape index (κ2) is 9.46. The number of rotatable bonds is 5.